The fourth-order valence-electron chi connectivity index (χ4n) is 1.67. The van der Waals surface area contributed by atoms with Crippen LogP contribution >= 0.6 is 15.9 Å². The molecule has 1 aliphatic heterocycles. The molecule has 1 N–H and O–H groups in total. The Morgan fingerprint density at radius 1 is 1.60 bits per heavy atom. The predicted molar refractivity (Wildman–Crippen MR) is 61.8 cm³/mol. The maximum Gasteiger partial charge on any atom is 0.124 e. The van der Waals surface area contributed by atoms with Gasteiger partial charge in [-0.05, 0) is 25.1 Å². The number of benzene rings is 1. The normalized spacial score (nSPS) is 19.5. The molecule has 0 aliphatic carbocycles. The highest BCUT2D eigenvalue weighted by molar-refractivity contribution is 9.10. The van der Waals surface area contributed by atoms with Gasteiger partial charge in [0.25, 0.3) is 0 Å². The number of fused-ring (bicyclic) bond motifs is 1. The Kier molecular flexibility index (Phi) is 3.61. The average Bonchev–Trinajstić information content (AvgIpc) is 2.26. The van der Waals surface area contributed by atoms with Crippen molar-refractivity contribution in [1.29, 1.82) is 0 Å². The summed E-state index contributed by atoms with van der Waals surface area (Å²) in [6.07, 6.45) is 0.934. The highest BCUT2D eigenvalue weighted by Crippen LogP contribution is 2.33. The Hall–Kier alpha value is -0.580. The largest absolute Gasteiger partial charge is 0.493 e. The zero-order chi connectivity index (χ0) is 10.7. The van der Waals surface area contributed by atoms with Crippen molar-refractivity contribution in [2.24, 2.45) is 0 Å². The minimum atomic E-state index is 0.228. The van der Waals surface area contributed by atoms with Gasteiger partial charge in [-0.15, -0.1) is 0 Å². The molecule has 3 nitrogen and oxygen atoms in total. The molecule has 0 saturated carbocycles. The molecule has 2 rings (SSSR count). The quantitative estimate of drug-likeness (QED) is 0.858. The maximum atomic E-state index is 5.57. The molecule has 1 aliphatic rings. The van der Waals surface area contributed by atoms with Crippen molar-refractivity contribution < 1.29 is 9.57 Å². The summed E-state index contributed by atoms with van der Waals surface area (Å²) in [4.78, 5) is 5.25. The second kappa shape index (κ2) is 4.96. The first-order valence-corrected chi connectivity index (χ1v) is 5.90. The summed E-state index contributed by atoms with van der Waals surface area (Å²) in [6.45, 7) is 3.37. The molecular formula is C11H14BrNO2. The van der Waals surface area contributed by atoms with Crippen molar-refractivity contribution in [2.45, 2.75) is 19.4 Å². The molecule has 0 aromatic heterocycles. The Balaban J connectivity index is 2.20. The van der Waals surface area contributed by atoms with Crippen LogP contribution in [0.5, 0.6) is 5.75 Å². The van der Waals surface area contributed by atoms with Crippen molar-refractivity contribution >= 4 is 15.9 Å². The molecule has 0 fully saturated rings. The lowest BCUT2D eigenvalue weighted by Gasteiger charge is -2.26. The Morgan fingerprint density at radius 3 is 3.27 bits per heavy atom. The molecule has 82 valence electrons. The van der Waals surface area contributed by atoms with E-state index in [0.29, 0.717) is 6.61 Å². The lowest BCUT2D eigenvalue weighted by atomic mass is 10.0. The van der Waals surface area contributed by atoms with E-state index in [-0.39, 0.29) is 6.04 Å². The van der Waals surface area contributed by atoms with E-state index >= 15 is 0 Å². The first kappa shape index (κ1) is 10.9. The van der Waals surface area contributed by atoms with Crippen LogP contribution in [-0.4, -0.2) is 13.2 Å². The summed E-state index contributed by atoms with van der Waals surface area (Å²) in [5.74, 6) is 0.946. The van der Waals surface area contributed by atoms with Crippen molar-refractivity contribution in [2.75, 3.05) is 13.2 Å². The third kappa shape index (κ3) is 2.51. The van der Waals surface area contributed by atoms with Gasteiger partial charge in [0.2, 0.25) is 0 Å². The van der Waals surface area contributed by atoms with Gasteiger partial charge in [0.15, 0.2) is 0 Å². The van der Waals surface area contributed by atoms with Gasteiger partial charge < -0.3 is 9.57 Å². The minimum Gasteiger partial charge on any atom is -0.493 e. The molecule has 1 heterocycles. The van der Waals surface area contributed by atoms with E-state index in [1.807, 2.05) is 19.1 Å². The van der Waals surface area contributed by atoms with Crippen molar-refractivity contribution in [3.8, 4) is 5.75 Å². The molecule has 0 amide bonds. The topological polar surface area (TPSA) is 30.5 Å². The summed E-state index contributed by atoms with van der Waals surface area (Å²) in [6, 6.07) is 6.28. The number of hydroxylamine groups is 1. The van der Waals surface area contributed by atoms with Gasteiger partial charge in [-0.1, -0.05) is 15.9 Å². The van der Waals surface area contributed by atoms with E-state index in [0.717, 1.165) is 28.8 Å². The highest BCUT2D eigenvalue weighted by atomic mass is 79.9. The van der Waals surface area contributed by atoms with Crippen LogP contribution in [0, 0.1) is 0 Å². The third-order valence-electron chi connectivity index (χ3n) is 2.38. The van der Waals surface area contributed by atoms with Gasteiger partial charge in [-0.3, -0.25) is 0 Å². The van der Waals surface area contributed by atoms with E-state index in [1.165, 1.54) is 0 Å². The van der Waals surface area contributed by atoms with Gasteiger partial charge in [0.05, 0.1) is 19.3 Å². The van der Waals surface area contributed by atoms with E-state index in [9.17, 15) is 0 Å². The molecule has 0 spiro atoms. The van der Waals surface area contributed by atoms with E-state index in [2.05, 4.69) is 27.5 Å². The van der Waals surface area contributed by atoms with Crippen LogP contribution in [0.3, 0.4) is 0 Å². The number of ether oxygens (including phenoxy) is 1. The molecule has 0 radical (unpaired) electrons. The van der Waals surface area contributed by atoms with Crippen molar-refractivity contribution in [1.82, 2.24) is 5.48 Å². The molecule has 1 atom stereocenters. The average molecular weight is 272 g/mol. The lowest BCUT2D eigenvalue weighted by molar-refractivity contribution is 0.0135. The smallest absolute Gasteiger partial charge is 0.124 e. The van der Waals surface area contributed by atoms with Crippen LogP contribution < -0.4 is 10.2 Å². The van der Waals surface area contributed by atoms with Crippen LogP contribution in [0.15, 0.2) is 22.7 Å². The van der Waals surface area contributed by atoms with Gasteiger partial charge in [0, 0.05) is 16.5 Å². The standard InChI is InChI=1S/C11H14BrNO2/c1-2-15-13-10-5-6-14-11-4-3-8(12)7-9(10)11/h3-4,7,10,13H,2,5-6H2,1H3. The first-order chi connectivity index (χ1) is 7.31. The van der Waals surface area contributed by atoms with Crippen LogP contribution in [0.1, 0.15) is 24.9 Å². The van der Waals surface area contributed by atoms with Gasteiger partial charge >= 0.3 is 0 Å². The summed E-state index contributed by atoms with van der Waals surface area (Å²) in [5, 5.41) is 0. The zero-order valence-electron chi connectivity index (χ0n) is 8.63. The van der Waals surface area contributed by atoms with Gasteiger partial charge in [0.1, 0.15) is 5.75 Å². The molecule has 1 unspecified atom stereocenters. The highest BCUT2D eigenvalue weighted by Gasteiger charge is 2.21. The Bertz CT molecular complexity index is 343. The summed E-state index contributed by atoms with van der Waals surface area (Å²) in [7, 11) is 0. The molecule has 1 aromatic rings. The number of halogens is 1. The molecule has 4 heteroatoms. The molecule has 15 heavy (non-hydrogen) atoms. The summed E-state index contributed by atoms with van der Waals surface area (Å²) >= 11 is 3.46. The molecular weight excluding hydrogens is 258 g/mol. The predicted octanol–water partition coefficient (Wildman–Crippen LogP) is 2.81. The molecule has 1 aromatic carbocycles. The Labute approximate surface area is 97.8 Å². The number of nitrogens with one attached hydrogen (secondary N) is 1. The second-order valence-electron chi connectivity index (χ2n) is 3.42. The fourth-order valence-corrected chi connectivity index (χ4v) is 2.05. The van der Waals surface area contributed by atoms with Crippen molar-refractivity contribution in [3.05, 3.63) is 28.2 Å². The molecule has 0 bridgehead atoms. The maximum absolute atomic E-state index is 5.57. The van der Waals surface area contributed by atoms with Gasteiger partial charge in [-0.25, -0.2) is 0 Å². The summed E-state index contributed by atoms with van der Waals surface area (Å²) in [5.41, 5.74) is 4.21. The molecule has 0 saturated heterocycles. The zero-order valence-corrected chi connectivity index (χ0v) is 10.2. The monoisotopic (exact) mass is 271 g/mol. The van der Waals surface area contributed by atoms with Crippen LogP contribution in [0.4, 0.5) is 0 Å². The van der Waals surface area contributed by atoms with Crippen LogP contribution in [0.25, 0.3) is 0 Å². The lowest BCUT2D eigenvalue weighted by Crippen LogP contribution is -2.27. The van der Waals surface area contributed by atoms with Gasteiger partial charge in [-0.2, -0.15) is 5.48 Å². The van der Waals surface area contributed by atoms with E-state index in [4.69, 9.17) is 9.57 Å². The fraction of sp³-hybridized carbons (Fsp3) is 0.455. The minimum absolute atomic E-state index is 0.228. The van der Waals surface area contributed by atoms with E-state index in [1.54, 1.807) is 0 Å². The van der Waals surface area contributed by atoms with Crippen LogP contribution in [-0.2, 0) is 4.84 Å². The second-order valence-corrected chi connectivity index (χ2v) is 4.34. The third-order valence-corrected chi connectivity index (χ3v) is 2.87. The SMILES string of the molecule is CCONC1CCOc2ccc(Br)cc21. The number of rotatable bonds is 3. The number of hydrogen-bond acceptors (Lipinski definition) is 3. The van der Waals surface area contributed by atoms with Crippen molar-refractivity contribution in [3.63, 3.8) is 0 Å². The Morgan fingerprint density at radius 2 is 2.47 bits per heavy atom. The van der Waals surface area contributed by atoms with Crippen LogP contribution in [0.2, 0.25) is 0 Å². The first-order valence-electron chi connectivity index (χ1n) is 5.11. The van der Waals surface area contributed by atoms with E-state index < -0.39 is 0 Å². The summed E-state index contributed by atoms with van der Waals surface area (Å²) < 4.78 is 6.64. The number of hydrogen-bond donors (Lipinski definition) is 1.